The van der Waals surface area contributed by atoms with Gasteiger partial charge in [0.05, 0.1) is 0 Å². The van der Waals surface area contributed by atoms with Crippen molar-refractivity contribution in [1.29, 1.82) is 0 Å². The van der Waals surface area contributed by atoms with Crippen molar-refractivity contribution >= 4 is 0 Å². The highest BCUT2D eigenvalue weighted by Gasteiger charge is 2.06. The van der Waals surface area contributed by atoms with Gasteiger partial charge in [0.25, 0.3) is 0 Å². The van der Waals surface area contributed by atoms with Crippen molar-refractivity contribution in [3.8, 4) is 0 Å². The highest BCUT2D eigenvalue weighted by Crippen LogP contribution is 2.10. The molecule has 0 aliphatic rings. The monoisotopic (exact) mass is 188 g/mol. The third kappa shape index (κ3) is 11.9. The molecule has 82 valence electrons. The molecule has 0 spiro atoms. The lowest BCUT2D eigenvalue weighted by Crippen LogP contribution is -2.33. The average Bonchev–Trinajstić information content (AvgIpc) is 2.08. The number of likely N-dealkylation sites (N-methyl/N-ethyl adjacent to an activating group) is 1. The van der Waals surface area contributed by atoms with Crippen LogP contribution in [0.4, 0.5) is 0 Å². The molecule has 2 heteroatoms. The molecule has 0 rings (SSSR count). The molecule has 0 aliphatic carbocycles. The second kappa shape index (κ2) is 11.9. The van der Waals surface area contributed by atoms with Crippen LogP contribution >= 0.6 is 0 Å². The van der Waals surface area contributed by atoms with Gasteiger partial charge in [0.15, 0.2) is 0 Å². The zero-order chi connectivity index (χ0) is 10.7. The summed E-state index contributed by atoms with van der Waals surface area (Å²) in [6.45, 7) is 9.44. The van der Waals surface area contributed by atoms with E-state index in [1.54, 1.807) is 0 Å². The first-order chi connectivity index (χ1) is 6.20. The van der Waals surface area contributed by atoms with Crippen LogP contribution in [0.3, 0.4) is 0 Å². The van der Waals surface area contributed by atoms with Gasteiger partial charge in [0.2, 0.25) is 0 Å². The first kappa shape index (κ1) is 15.4. The summed E-state index contributed by atoms with van der Waals surface area (Å²) in [4.78, 5) is 0. The lowest BCUT2D eigenvalue weighted by molar-refractivity contribution is 0.425. The van der Waals surface area contributed by atoms with E-state index in [0.717, 1.165) is 18.9 Å². The molecule has 0 bridgehead atoms. The van der Waals surface area contributed by atoms with Gasteiger partial charge in [-0.1, -0.05) is 40.5 Å². The molecule has 0 fully saturated rings. The van der Waals surface area contributed by atoms with E-state index in [-0.39, 0.29) is 0 Å². The summed E-state index contributed by atoms with van der Waals surface area (Å²) in [5.41, 5.74) is 5.85. The zero-order valence-electron chi connectivity index (χ0n) is 10.1. The van der Waals surface area contributed by atoms with Gasteiger partial charge in [-0.2, -0.15) is 0 Å². The van der Waals surface area contributed by atoms with Gasteiger partial charge in [-0.3, -0.25) is 0 Å². The van der Waals surface area contributed by atoms with Gasteiger partial charge >= 0.3 is 0 Å². The van der Waals surface area contributed by atoms with Crippen molar-refractivity contribution in [2.45, 2.75) is 53.0 Å². The fraction of sp³-hybridized carbons (Fsp3) is 1.00. The van der Waals surface area contributed by atoms with Crippen molar-refractivity contribution < 1.29 is 0 Å². The third-order valence-corrected chi connectivity index (χ3v) is 1.95. The molecular formula is C11H28N2. The molecule has 0 saturated heterocycles. The normalized spacial score (nSPS) is 14.3. The Morgan fingerprint density at radius 1 is 1.31 bits per heavy atom. The predicted octanol–water partition coefficient (Wildman–Crippen LogP) is 2.39. The summed E-state index contributed by atoms with van der Waals surface area (Å²) < 4.78 is 0. The Bertz CT molecular complexity index is 74.2. The van der Waals surface area contributed by atoms with Crippen LogP contribution in [0.25, 0.3) is 0 Å². The first-order valence-electron chi connectivity index (χ1n) is 5.60. The summed E-state index contributed by atoms with van der Waals surface area (Å²) in [7, 11) is 1.95. The van der Waals surface area contributed by atoms with Crippen LogP contribution in [0, 0.1) is 5.92 Å². The maximum Gasteiger partial charge on any atom is 0.0167 e. The van der Waals surface area contributed by atoms with Gasteiger partial charge in [0.1, 0.15) is 0 Å². The van der Waals surface area contributed by atoms with E-state index in [4.69, 9.17) is 5.73 Å². The van der Waals surface area contributed by atoms with Crippen molar-refractivity contribution in [1.82, 2.24) is 5.32 Å². The predicted molar refractivity (Wildman–Crippen MR) is 61.9 cm³/mol. The molecule has 2 atom stereocenters. The molecule has 2 nitrogen and oxygen atoms in total. The van der Waals surface area contributed by atoms with Gasteiger partial charge in [-0.05, 0) is 19.4 Å². The Balaban J connectivity index is 0. The molecule has 13 heavy (non-hydrogen) atoms. The standard InChI is InChI=1S/C9H22N2.C2H6/c1-4-5-8(2)6-9(10)7-11-3;1-2/h8-9,11H,4-7,10H2,1-3H3;1-2H3. The number of rotatable bonds is 6. The van der Waals surface area contributed by atoms with Gasteiger partial charge in [0, 0.05) is 12.6 Å². The largest absolute Gasteiger partial charge is 0.327 e. The van der Waals surface area contributed by atoms with E-state index in [2.05, 4.69) is 19.2 Å². The Hall–Kier alpha value is -0.0800. The van der Waals surface area contributed by atoms with Gasteiger partial charge in [-0.15, -0.1) is 0 Å². The Morgan fingerprint density at radius 3 is 2.23 bits per heavy atom. The van der Waals surface area contributed by atoms with Crippen LogP contribution in [-0.4, -0.2) is 19.6 Å². The van der Waals surface area contributed by atoms with Crippen molar-refractivity contribution in [2.75, 3.05) is 13.6 Å². The van der Waals surface area contributed by atoms with Gasteiger partial charge < -0.3 is 11.1 Å². The van der Waals surface area contributed by atoms with Crippen molar-refractivity contribution in [3.05, 3.63) is 0 Å². The Kier molecular flexibility index (Phi) is 14.1. The number of hydrogen-bond donors (Lipinski definition) is 2. The van der Waals surface area contributed by atoms with E-state index in [9.17, 15) is 0 Å². The van der Waals surface area contributed by atoms with Crippen molar-refractivity contribution in [3.63, 3.8) is 0 Å². The SMILES string of the molecule is CC.CCCC(C)CC(N)CNC. The van der Waals surface area contributed by atoms with E-state index in [1.165, 1.54) is 12.8 Å². The topological polar surface area (TPSA) is 38.0 Å². The summed E-state index contributed by atoms with van der Waals surface area (Å²) >= 11 is 0. The Labute approximate surface area is 84.3 Å². The lowest BCUT2D eigenvalue weighted by atomic mass is 9.98. The molecule has 0 aromatic rings. The summed E-state index contributed by atoms with van der Waals surface area (Å²) in [6.07, 6.45) is 3.72. The van der Waals surface area contributed by atoms with Crippen molar-refractivity contribution in [2.24, 2.45) is 11.7 Å². The molecule has 0 radical (unpaired) electrons. The minimum atomic E-state index is 0.335. The maximum absolute atomic E-state index is 5.85. The van der Waals surface area contributed by atoms with Crippen LogP contribution in [0.2, 0.25) is 0 Å². The quantitative estimate of drug-likeness (QED) is 0.671. The smallest absolute Gasteiger partial charge is 0.0167 e. The van der Waals surface area contributed by atoms with Gasteiger partial charge in [-0.25, -0.2) is 0 Å². The minimum Gasteiger partial charge on any atom is -0.327 e. The highest BCUT2D eigenvalue weighted by atomic mass is 14.9. The van der Waals surface area contributed by atoms with Crippen LogP contribution < -0.4 is 11.1 Å². The molecule has 3 N–H and O–H groups in total. The van der Waals surface area contributed by atoms with E-state index >= 15 is 0 Å². The number of nitrogens with two attached hydrogens (primary N) is 1. The fourth-order valence-electron chi connectivity index (χ4n) is 1.47. The number of nitrogens with one attached hydrogen (secondary N) is 1. The minimum absolute atomic E-state index is 0.335. The molecule has 0 aliphatic heterocycles. The van der Waals surface area contributed by atoms with Crippen LogP contribution in [0.15, 0.2) is 0 Å². The third-order valence-electron chi connectivity index (χ3n) is 1.95. The summed E-state index contributed by atoms with van der Waals surface area (Å²) in [6, 6.07) is 0.335. The molecule has 0 heterocycles. The molecule has 0 aromatic carbocycles. The van der Waals surface area contributed by atoms with E-state index < -0.39 is 0 Å². The molecule has 0 aromatic heterocycles. The average molecular weight is 188 g/mol. The number of hydrogen-bond acceptors (Lipinski definition) is 2. The summed E-state index contributed by atoms with van der Waals surface area (Å²) in [5.74, 6) is 0.781. The molecular weight excluding hydrogens is 160 g/mol. The maximum atomic E-state index is 5.85. The van der Waals surface area contributed by atoms with E-state index in [0.29, 0.717) is 6.04 Å². The fourth-order valence-corrected chi connectivity index (χ4v) is 1.47. The Morgan fingerprint density at radius 2 is 1.85 bits per heavy atom. The highest BCUT2D eigenvalue weighted by molar-refractivity contribution is 4.66. The van der Waals surface area contributed by atoms with Crippen LogP contribution in [0.1, 0.15) is 47.0 Å². The molecule has 2 unspecified atom stereocenters. The lowest BCUT2D eigenvalue weighted by Gasteiger charge is -2.15. The molecule has 0 amide bonds. The first-order valence-corrected chi connectivity index (χ1v) is 5.60. The second-order valence-electron chi connectivity index (χ2n) is 3.45. The van der Waals surface area contributed by atoms with Crippen LogP contribution in [0.5, 0.6) is 0 Å². The summed E-state index contributed by atoms with van der Waals surface area (Å²) in [5, 5.41) is 3.09. The van der Waals surface area contributed by atoms with E-state index in [1.807, 2.05) is 20.9 Å². The zero-order valence-corrected chi connectivity index (χ0v) is 10.1. The molecule has 0 saturated carbocycles. The second-order valence-corrected chi connectivity index (χ2v) is 3.45. The van der Waals surface area contributed by atoms with Crippen LogP contribution in [-0.2, 0) is 0 Å².